The molecule has 38 heavy (non-hydrogen) atoms. The SMILES string of the molecule is CCS(=O)(=O)c1cc(C#N)ccc1C1C2=C(CCC2=O)N(c2ccnc(C(F)(F)F)c2)C(=O)N1C(=O)NC. The summed E-state index contributed by atoms with van der Waals surface area (Å²) in [6.07, 6.45) is -4.12. The first-order valence-electron chi connectivity index (χ1n) is 11.3. The molecule has 0 bridgehead atoms. The highest BCUT2D eigenvalue weighted by atomic mass is 32.2. The molecule has 1 unspecified atom stereocenters. The standard InChI is InChI=1S/C24H20F3N5O5S/c1-3-38(36,37)18-10-13(12-28)4-5-15(18)21-20-16(6-7-17(20)33)31(23(35)32(21)22(34)29-2)14-8-9-30-19(11-14)24(25,26)27/h4-5,8-11,21H,3,6-7H2,1-2H3,(H,29,34). The second-order valence-corrected chi connectivity index (χ2v) is 10.6. The van der Waals surface area contributed by atoms with E-state index in [9.17, 15) is 41.2 Å². The molecule has 0 spiro atoms. The quantitative estimate of drug-likeness (QED) is 0.615. The molecule has 4 amide bonds. The van der Waals surface area contributed by atoms with Crippen LogP contribution in [0.3, 0.4) is 0 Å². The molecule has 0 radical (unpaired) electrons. The minimum Gasteiger partial charge on any atom is -0.341 e. The highest BCUT2D eigenvalue weighted by Crippen LogP contribution is 2.47. The number of ketones is 1. The van der Waals surface area contributed by atoms with Gasteiger partial charge in [-0.2, -0.15) is 18.4 Å². The number of anilines is 1. The minimum absolute atomic E-state index is 0.000511. The molecule has 1 aromatic carbocycles. The zero-order valence-electron chi connectivity index (χ0n) is 20.0. The number of benzene rings is 1. The first kappa shape index (κ1) is 26.8. The Balaban J connectivity index is 2.04. The van der Waals surface area contributed by atoms with Gasteiger partial charge in [-0.05, 0) is 36.2 Å². The van der Waals surface area contributed by atoms with Crippen LogP contribution in [0.2, 0.25) is 0 Å². The number of imide groups is 1. The van der Waals surface area contributed by atoms with Crippen molar-refractivity contribution < 1.29 is 36.0 Å². The molecule has 1 atom stereocenters. The molecule has 14 heteroatoms. The third kappa shape index (κ3) is 4.38. The van der Waals surface area contributed by atoms with Crippen molar-refractivity contribution in [2.45, 2.75) is 36.9 Å². The van der Waals surface area contributed by atoms with Crippen molar-refractivity contribution >= 4 is 33.4 Å². The van der Waals surface area contributed by atoms with E-state index in [0.29, 0.717) is 11.0 Å². The van der Waals surface area contributed by atoms with Crippen molar-refractivity contribution in [3.05, 3.63) is 64.6 Å². The van der Waals surface area contributed by atoms with Gasteiger partial charge >= 0.3 is 18.2 Å². The number of allylic oxidation sites excluding steroid dienone is 1. The van der Waals surface area contributed by atoms with Gasteiger partial charge in [-0.1, -0.05) is 13.0 Å². The number of rotatable bonds is 4. The number of hydrogen-bond acceptors (Lipinski definition) is 7. The van der Waals surface area contributed by atoms with Crippen LogP contribution in [0.5, 0.6) is 0 Å². The minimum atomic E-state index is -4.83. The Morgan fingerprint density at radius 1 is 1.21 bits per heavy atom. The summed E-state index contributed by atoms with van der Waals surface area (Å²) >= 11 is 0. The number of carbonyl (C=O) groups excluding carboxylic acids is 3. The van der Waals surface area contributed by atoms with E-state index in [1.54, 1.807) is 0 Å². The summed E-state index contributed by atoms with van der Waals surface area (Å²) in [7, 11) is -2.82. The number of urea groups is 2. The van der Waals surface area contributed by atoms with Gasteiger partial charge in [0.05, 0.1) is 28.0 Å². The molecular formula is C24H20F3N5O5S. The number of Topliss-reactive ketones (excluding diaryl/α,β-unsaturated/α-hetero) is 1. The molecule has 2 heterocycles. The number of pyridine rings is 1. The monoisotopic (exact) mass is 547 g/mol. The first-order valence-corrected chi connectivity index (χ1v) is 12.9. The lowest BCUT2D eigenvalue weighted by atomic mass is 9.92. The van der Waals surface area contributed by atoms with Crippen molar-refractivity contribution in [2.75, 3.05) is 17.7 Å². The summed E-state index contributed by atoms with van der Waals surface area (Å²) in [5.41, 5.74) is -1.70. The lowest BCUT2D eigenvalue weighted by molar-refractivity contribution is -0.141. The van der Waals surface area contributed by atoms with Crippen molar-refractivity contribution in [3.8, 4) is 6.07 Å². The van der Waals surface area contributed by atoms with Crippen LogP contribution in [0.15, 0.2) is 52.7 Å². The fourth-order valence-corrected chi connectivity index (χ4v) is 5.68. The molecule has 4 rings (SSSR count). The van der Waals surface area contributed by atoms with Crippen LogP contribution in [0.1, 0.15) is 42.6 Å². The maximum atomic E-state index is 13.8. The number of hydrogen-bond donors (Lipinski definition) is 1. The summed E-state index contributed by atoms with van der Waals surface area (Å²) in [5, 5.41) is 11.6. The number of sulfone groups is 1. The molecule has 1 aliphatic carbocycles. The van der Waals surface area contributed by atoms with Crippen molar-refractivity contribution in [1.29, 1.82) is 5.26 Å². The van der Waals surface area contributed by atoms with Gasteiger partial charge in [0.1, 0.15) is 11.7 Å². The number of nitrogens with zero attached hydrogens (tertiary/aromatic N) is 4. The van der Waals surface area contributed by atoms with Crippen molar-refractivity contribution in [1.82, 2.24) is 15.2 Å². The highest BCUT2D eigenvalue weighted by Gasteiger charge is 2.49. The molecule has 1 aliphatic heterocycles. The van der Waals surface area contributed by atoms with E-state index < -0.39 is 45.6 Å². The third-order valence-corrected chi connectivity index (χ3v) is 8.06. The Morgan fingerprint density at radius 3 is 2.53 bits per heavy atom. The van der Waals surface area contributed by atoms with Crippen molar-refractivity contribution in [3.63, 3.8) is 0 Å². The van der Waals surface area contributed by atoms with E-state index in [1.165, 1.54) is 26.1 Å². The molecular weight excluding hydrogens is 527 g/mol. The van der Waals surface area contributed by atoms with Gasteiger partial charge in [-0.25, -0.2) is 22.9 Å². The number of alkyl halides is 3. The number of nitriles is 1. The van der Waals surface area contributed by atoms with Crippen LogP contribution in [-0.4, -0.2) is 48.9 Å². The lowest BCUT2D eigenvalue weighted by Crippen LogP contribution is -2.55. The van der Waals surface area contributed by atoms with Crippen LogP contribution in [0.25, 0.3) is 0 Å². The second kappa shape index (κ2) is 9.56. The predicted molar refractivity (Wildman–Crippen MR) is 126 cm³/mol. The van der Waals surface area contributed by atoms with Crippen LogP contribution in [0.4, 0.5) is 28.4 Å². The Morgan fingerprint density at radius 2 is 1.92 bits per heavy atom. The van der Waals surface area contributed by atoms with Gasteiger partial charge in [-0.3, -0.25) is 14.7 Å². The molecule has 0 saturated heterocycles. The van der Waals surface area contributed by atoms with E-state index >= 15 is 0 Å². The normalized spacial score (nSPS) is 17.9. The van der Waals surface area contributed by atoms with E-state index in [-0.39, 0.29) is 51.6 Å². The molecule has 1 aromatic heterocycles. The Bertz CT molecular complexity index is 1550. The predicted octanol–water partition coefficient (Wildman–Crippen LogP) is 3.71. The molecule has 0 fully saturated rings. The van der Waals surface area contributed by atoms with Gasteiger partial charge < -0.3 is 5.32 Å². The summed E-state index contributed by atoms with van der Waals surface area (Å²) in [5.74, 6) is -0.885. The zero-order valence-corrected chi connectivity index (χ0v) is 20.9. The summed E-state index contributed by atoms with van der Waals surface area (Å²) in [6.45, 7) is 1.37. The molecule has 0 saturated carbocycles. The maximum absolute atomic E-state index is 13.8. The fourth-order valence-electron chi connectivity index (χ4n) is 4.52. The van der Waals surface area contributed by atoms with E-state index in [1.807, 2.05) is 6.07 Å². The van der Waals surface area contributed by atoms with Crippen LogP contribution < -0.4 is 10.2 Å². The summed E-state index contributed by atoms with van der Waals surface area (Å²) in [6, 6.07) is 3.64. The number of amides is 4. The molecule has 2 aliphatic rings. The maximum Gasteiger partial charge on any atom is 0.433 e. The van der Waals surface area contributed by atoms with Crippen molar-refractivity contribution in [2.24, 2.45) is 0 Å². The van der Waals surface area contributed by atoms with Gasteiger partial charge in [0.25, 0.3) is 0 Å². The van der Waals surface area contributed by atoms with Gasteiger partial charge in [-0.15, -0.1) is 0 Å². The molecule has 10 nitrogen and oxygen atoms in total. The van der Waals surface area contributed by atoms with E-state index in [4.69, 9.17) is 0 Å². The number of nitrogens with one attached hydrogen (secondary N) is 1. The Kier molecular flexibility index (Phi) is 6.75. The largest absolute Gasteiger partial charge is 0.433 e. The highest BCUT2D eigenvalue weighted by molar-refractivity contribution is 7.91. The fraction of sp³-hybridized carbons (Fsp3) is 0.292. The average Bonchev–Trinajstić information content (AvgIpc) is 3.27. The number of carbonyl (C=O) groups is 3. The third-order valence-electron chi connectivity index (χ3n) is 6.28. The van der Waals surface area contributed by atoms with E-state index in [0.717, 1.165) is 23.2 Å². The lowest BCUT2D eigenvalue weighted by Gasteiger charge is -2.41. The van der Waals surface area contributed by atoms with Gasteiger partial charge in [0.2, 0.25) is 0 Å². The van der Waals surface area contributed by atoms with Crippen LogP contribution in [0, 0.1) is 11.3 Å². The van der Waals surface area contributed by atoms with Crippen LogP contribution in [-0.2, 0) is 20.8 Å². The van der Waals surface area contributed by atoms with Gasteiger partial charge in [0, 0.05) is 30.9 Å². The topological polar surface area (TPSA) is 141 Å². The van der Waals surface area contributed by atoms with Crippen LogP contribution >= 0.6 is 0 Å². The summed E-state index contributed by atoms with van der Waals surface area (Å²) in [4.78, 5) is 44.4. The molecule has 1 N–H and O–H groups in total. The Hall–Kier alpha value is -4.25. The van der Waals surface area contributed by atoms with E-state index in [2.05, 4.69) is 10.3 Å². The molecule has 2 aromatic rings. The second-order valence-electron chi connectivity index (χ2n) is 8.39. The molecule has 198 valence electrons. The first-order chi connectivity index (χ1) is 17.8. The summed E-state index contributed by atoms with van der Waals surface area (Å²) < 4.78 is 66.1. The zero-order chi connectivity index (χ0) is 28.0. The Labute approximate surface area is 215 Å². The average molecular weight is 548 g/mol. The number of halogens is 3. The number of aromatic nitrogens is 1. The smallest absolute Gasteiger partial charge is 0.341 e. The van der Waals surface area contributed by atoms with Gasteiger partial charge in [0.15, 0.2) is 15.6 Å².